The molecule has 1 heterocycles. The summed E-state index contributed by atoms with van der Waals surface area (Å²) in [4.78, 5) is 19.7. The molecule has 0 saturated carbocycles. The summed E-state index contributed by atoms with van der Waals surface area (Å²) in [6.07, 6.45) is 0.934. The Morgan fingerprint density at radius 3 is 2.16 bits per heavy atom. The standard InChI is InChI=1S/C25H22F2N2O3/c1-32-28-23(16-2-6-18(26)7-3-16)15-14-22-24(17-4-12-21(30)13-5-17)29(25(22)31)20-10-8-19(27)9-11-20/h2-13,22,24,30H,14-15H2,1H3/b28-23-/t22-,24-/m0/s1. The van der Waals surface area contributed by atoms with Gasteiger partial charge in [-0.3, -0.25) is 4.79 Å². The second-order valence-electron chi connectivity index (χ2n) is 7.59. The first-order valence-corrected chi connectivity index (χ1v) is 10.2. The fourth-order valence-electron chi connectivity index (χ4n) is 4.06. The quantitative estimate of drug-likeness (QED) is 0.314. The van der Waals surface area contributed by atoms with E-state index in [1.54, 1.807) is 53.4 Å². The maximum atomic E-state index is 13.4. The number of oxime groups is 1. The van der Waals surface area contributed by atoms with Crippen LogP contribution in [0.4, 0.5) is 14.5 Å². The van der Waals surface area contributed by atoms with Crippen molar-refractivity contribution in [2.24, 2.45) is 11.1 Å². The zero-order valence-electron chi connectivity index (χ0n) is 17.4. The molecule has 0 aliphatic carbocycles. The van der Waals surface area contributed by atoms with Crippen LogP contribution in [-0.4, -0.2) is 23.8 Å². The predicted molar refractivity (Wildman–Crippen MR) is 117 cm³/mol. The first kappa shape index (κ1) is 21.5. The fraction of sp³-hybridized carbons (Fsp3) is 0.200. The lowest BCUT2D eigenvalue weighted by Crippen LogP contribution is -2.55. The van der Waals surface area contributed by atoms with Crippen molar-refractivity contribution in [3.63, 3.8) is 0 Å². The van der Waals surface area contributed by atoms with Gasteiger partial charge in [-0.1, -0.05) is 29.4 Å². The number of nitrogens with zero attached hydrogens (tertiary/aromatic N) is 2. The lowest BCUT2D eigenvalue weighted by molar-refractivity contribution is -0.130. The van der Waals surface area contributed by atoms with Gasteiger partial charge in [0, 0.05) is 5.69 Å². The molecule has 1 aliphatic heterocycles. The number of hydrogen-bond donors (Lipinski definition) is 1. The molecule has 0 radical (unpaired) electrons. The van der Waals surface area contributed by atoms with Gasteiger partial charge in [0.05, 0.1) is 17.7 Å². The topological polar surface area (TPSA) is 62.1 Å². The van der Waals surface area contributed by atoms with Crippen molar-refractivity contribution in [1.29, 1.82) is 0 Å². The monoisotopic (exact) mass is 436 g/mol. The van der Waals surface area contributed by atoms with E-state index in [0.717, 1.165) is 11.1 Å². The molecule has 0 spiro atoms. The highest BCUT2D eigenvalue weighted by Gasteiger charge is 2.48. The first-order valence-electron chi connectivity index (χ1n) is 10.2. The third kappa shape index (κ3) is 4.32. The first-order chi connectivity index (χ1) is 15.5. The highest BCUT2D eigenvalue weighted by molar-refractivity contribution is 6.04. The average molecular weight is 436 g/mol. The van der Waals surface area contributed by atoms with Gasteiger partial charge in [-0.2, -0.15) is 0 Å². The van der Waals surface area contributed by atoms with Crippen LogP contribution in [0.2, 0.25) is 0 Å². The largest absolute Gasteiger partial charge is 0.508 e. The molecule has 7 heteroatoms. The van der Waals surface area contributed by atoms with Gasteiger partial charge in [0.25, 0.3) is 0 Å². The van der Waals surface area contributed by atoms with Gasteiger partial charge >= 0.3 is 0 Å². The molecule has 1 N–H and O–H groups in total. The summed E-state index contributed by atoms with van der Waals surface area (Å²) in [5.74, 6) is -1.01. The third-order valence-electron chi connectivity index (χ3n) is 5.62. The molecule has 1 aliphatic rings. The van der Waals surface area contributed by atoms with E-state index in [1.165, 1.54) is 31.4 Å². The highest BCUT2D eigenvalue weighted by atomic mass is 19.1. The van der Waals surface area contributed by atoms with E-state index in [-0.39, 0.29) is 35.3 Å². The SMILES string of the molecule is CO/N=C(/CC[C@@H]1C(=O)N(c2ccc(F)cc2)[C@H]1c1ccc(O)cc1)c1ccc(F)cc1. The van der Waals surface area contributed by atoms with Gasteiger partial charge in [0.1, 0.15) is 24.5 Å². The normalized spacial score (nSPS) is 18.4. The molecule has 4 rings (SSSR count). The highest BCUT2D eigenvalue weighted by Crippen LogP contribution is 2.46. The number of aromatic hydroxyl groups is 1. The Labute approximate surface area is 184 Å². The molecule has 32 heavy (non-hydrogen) atoms. The second-order valence-corrected chi connectivity index (χ2v) is 7.59. The average Bonchev–Trinajstić information content (AvgIpc) is 2.79. The Bertz CT molecular complexity index is 1110. The van der Waals surface area contributed by atoms with Gasteiger partial charge < -0.3 is 14.8 Å². The van der Waals surface area contributed by atoms with Crippen LogP contribution in [0, 0.1) is 17.6 Å². The lowest BCUT2D eigenvalue weighted by atomic mass is 9.78. The van der Waals surface area contributed by atoms with Crippen molar-refractivity contribution < 1.29 is 23.5 Å². The molecule has 1 fully saturated rings. The summed E-state index contributed by atoms with van der Waals surface area (Å²) in [7, 11) is 1.44. The number of carbonyl (C=O) groups is 1. The minimum absolute atomic E-state index is 0.0782. The molecule has 1 saturated heterocycles. The molecule has 3 aromatic rings. The second kappa shape index (κ2) is 9.18. The van der Waals surface area contributed by atoms with Crippen molar-refractivity contribution in [3.8, 4) is 5.75 Å². The van der Waals surface area contributed by atoms with Crippen LogP contribution in [0.15, 0.2) is 78.0 Å². The number of hydrogen-bond acceptors (Lipinski definition) is 4. The summed E-state index contributed by atoms with van der Waals surface area (Å²) < 4.78 is 26.7. The lowest BCUT2D eigenvalue weighted by Gasteiger charge is -2.47. The predicted octanol–water partition coefficient (Wildman–Crippen LogP) is 5.21. The minimum atomic E-state index is -0.376. The third-order valence-corrected chi connectivity index (χ3v) is 5.62. The number of anilines is 1. The van der Waals surface area contributed by atoms with Gasteiger partial charge in [-0.05, 0) is 72.5 Å². The molecule has 3 aromatic carbocycles. The molecule has 0 aromatic heterocycles. The number of phenolic OH excluding ortho intramolecular Hbond substituents is 1. The minimum Gasteiger partial charge on any atom is -0.508 e. The van der Waals surface area contributed by atoms with Gasteiger partial charge in [-0.25, -0.2) is 8.78 Å². The maximum absolute atomic E-state index is 13.4. The number of β-lactam (4-membered cyclic amide) rings is 1. The van der Waals surface area contributed by atoms with Crippen LogP contribution in [0.3, 0.4) is 0 Å². The number of benzene rings is 3. The number of rotatable bonds is 7. The Morgan fingerprint density at radius 1 is 0.969 bits per heavy atom. The van der Waals surface area contributed by atoms with Crippen LogP contribution >= 0.6 is 0 Å². The summed E-state index contributed by atoms with van der Waals surface area (Å²) >= 11 is 0. The van der Waals surface area contributed by atoms with Crippen molar-refractivity contribution in [2.45, 2.75) is 18.9 Å². The van der Waals surface area contributed by atoms with Gasteiger partial charge in [0.15, 0.2) is 0 Å². The van der Waals surface area contributed by atoms with E-state index in [9.17, 15) is 18.7 Å². The molecule has 5 nitrogen and oxygen atoms in total. The maximum Gasteiger partial charge on any atom is 0.233 e. The van der Waals surface area contributed by atoms with E-state index < -0.39 is 0 Å². The number of carbonyl (C=O) groups excluding carboxylic acids is 1. The summed E-state index contributed by atoms with van der Waals surface area (Å²) in [5, 5.41) is 13.7. The Kier molecular flexibility index (Phi) is 6.16. The van der Waals surface area contributed by atoms with Crippen molar-refractivity contribution >= 4 is 17.3 Å². The molecule has 164 valence electrons. The van der Waals surface area contributed by atoms with Crippen LogP contribution < -0.4 is 4.90 Å². The fourth-order valence-corrected chi connectivity index (χ4v) is 4.06. The molecular formula is C25H22F2N2O3. The van der Waals surface area contributed by atoms with Gasteiger partial charge in [-0.15, -0.1) is 0 Å². The zero-order chi connectivity index (χ0) is 22.7. The van der Waals surface area contributed by atoms with Crippen LogP contribution in [0.25, 0.3) is 0 Å². The smallest absolute Gasteiger partial charge is 0.233 e. The number of amides is 1. The van der Waals surface area contributed by atoms with Crippen LogP contribution in [-0.2, 0) is 9.63 Å². The molecule has 2 atom stereocenters. The summed E-state index contributed by atoms with van der Waals surface area (Å²) in [5.41, 5.74) is 2.81. The Hall–Kier alpha value is -3.74. The van der Waals surface area contributed by atoms with E-state index in [1.807, 2.05) is 0 Å². The van der Waals surface area contributed by atoms with Crippen molar-refractivity contribution in [1.82, 2.24) is 0 Å². The number of halogens is 2. The Balaban J connectivity index is 1.59. The van der Waals surface area contributed by atoms with Crippen LogP contribution in [0.1, 0.15) is 30.0 Å². The van der Waals surface area contributed by atoms with E-state index >= 15 is 0 Å². The summed E-state index contributed by atoms with van der Waals surface area (Å²) in [6.45, 7) is 0. The molecule has 1 amide bonds. The zero-order valence-corrected chi connectivity index (χ0v) is 17.4. The van der Waals surface area contributed by atoms with Gasteiger partial charge in [0.2, 0.25) is 5.91 Å². The summed E-state index contributed by atoms with van der Waals surface area (Å²) in [6, 6.07) is 18.2. The van der Waals surface area contributed by atoms with E-state index in [0.29, 0.717) is 24.2 Å². The molecule has 0 unspecified atom stereocenters. The molecule has 0 bridgehead atoms. The van der Waals surface area contributed by atoms with E-state index in [2.05, 4.69) is 5.16 Å². The van der Waals surface area contributed by atoms with Crippen molar-refractivity contribution in [3.05, 3.63) is 95.6 Å². The molecular weight excluding hydrogens is 414 g/mol. The number of phenols is 1. The Morgan fingerprint density at radius 2 is 1.56 bits per heavy atom. The van der Waals surface area contributed by atoms with Crippen molar-refractivity contribution in [2.75, 3.05) is 12.0 Å². The van der Waals surface area contributed by atoms with E-state index in [4.69, 9.17) is 4.84 Å². The van der Waals surface area contributed by atoms with Crippen LogP contribution in [0.5, 0.6) is 5.75 Å².